The average molecular weight is 270 g/mol. The van der Waals surface area contributed by atoms with Crippen molar-refractivity contribution in [3.8, 4) is 5.75 Å². The summed E-state index contributed by atoms with van der Waals surface area (Å²) in [4.78, 5) is 4.83. The third-order valence-corrected chi connectivity index (χ3v) is 4.26. The number of nitrogens with one attached hydrogen (secondary N) is 1. The number of rotatable bonds is 3. The molecule has 1 aromatic heterocycles. The highest BCUT2D eigenvalue weighted by molar-refractivity contribution is 7.93. The van der Waals surface area contributed by atoms with Crippen LogP contribution in [0.1, 0.15) is 4.88 Å². The van der Waals surface area contributed by atoms with E-state index in [9.17, 15) is 13.5 Å². The van der Waals surface area contributed by atoms with E-state index in [4.69, 9.17) is 0 Å². The second-order valence-electron chi connectivity index (χ2n) is 3.38. The van der Waals surface area contributed by atoms with Crippen molar-refractivity contribution in [1.29, 1.82) is 0 Å². The molecule has 0 amide bonds. The van der Waals surface area contributed by atoms with E-state index >= 15 is 0 Å². The summed E-state index contributed by atoms with van der Waals surface area (Å²) < 4.78 is 26.2. The first-order valence-electron chi connectivity index (χ1n) is 4.72. The van der Waals surface area contributed by atoms with Gasteiger partial charge in [-0.25, -0.2) is 13.4 Å². The highest BCUT2D eigenvalue weighted by Gasteiger charge is 2.16. The minimum absolute atomic E-state index is 0.00496. The first kappa shape index (κ1) is 11.9. The molecule has 0 saturated heterocycles. The van der Waals surface area contributed by atoms with E-state index in [2.05, 4.69) is 9.71 Å². The monoisotopic (exact) mass is 270 g/mol. The molecule has 0 atom stereocenters. The summed E-state index contributed by atoms with van der Waals surface area (Å²) >= 11 is 1.25. The molecule has 0 fully saturated rings. The van der Waals surface area contributed by atoms with Crippen molar-refractivity contribution in [3.63, 3.8) is 0 Å². The van der Waals surface area contributed by atoms with Gasteiger partial charge in [0, 0.05) is 17.1 Å². The normalized spacial score (nSPS) is 11.4. The number of hydrogen-bond acceptors (Lipinski definition) is 5. The van der Waals surface area contributed by atoms with Crippen molar-refractivity contribution in [2.75, 3.05) is 4.72 Å². The van der Waals surface area contributed by atoms with Crippen molar-refractivity contribution < 1.29 is 13.5 Å². The Hall–Kier alpha value is -1.60. The number of nitrogens with zero attached hydrogens (tertiary/aromatic N) is 1. The lowest BCUT2D eigenvalue weighted by molar-refractivity contribution is 0.473. The fraction of sp³-hybridized carbons (Fsp3) is 0.100. The molecule has 1 heterocycles. The smallest absolute Gasteiger partial charge is 0.263 e. The Morgan fingerprint density at radius 3 is 2.76 bits per heavy atom. The van der Waals surface area contributed by atoms with Crippen molar-refractivity contribution in [2.45, 2.75) is 11.8 Å². The van der Waals surface area contributed by atoms with Gasteiger partial charge >= 0.3 is 0 Å². The summed E-state index contributed by atoms with van der Waals surface area (Å²) in [6, 6.07) is 5.47. The van der Waals surface area contributed by atoms with Gasteiger partial charge in [-0.15, -0.1) is 11.3 Å². The Morgan fingerprint density at radius 2 is 2.18 bits per heavy atom. The minimum atomic E-state index is -3.68. The zero-order valence-electron chi connectivity index (χ0n) is 8.91. The number of thiazole rings is 1. The number of phenols is 1. The fourth-order valence-corrected chi connectivity index (χ4v) is 3.17. The van der Waals surface area contributed by atoms with E-state index in [1.165, 1.54) is 35.6 Å². The number of aromatic hydroxyl groups is 1. The SMILES string of the molecule is Cc1cnc(NS(=O)(=O)c2cccc(O)c2)s1. The van der Waals surface area contributed by atoms with E-state index in [1.54, 1.807) is 6.20 Å². The maximum absolute atomic E-state index is 11.9. The summed E-state index contributed by atoms with van der Waals surface area (Å²) in [6.45, 7) is 1.84. The number of phenolic OH excluding ortho intramolecular Hbond substituents is 1. The van der Waals surface area contributed by atoms with Gasteiger partial charge in [-0.1, -0.05) is 6.07 Å². The number of sulfonamides is 1. The number of benzene rings is 1. The van der Waals surface area contributed by atoms with Gasteiger partial charge in [0.25, 0.3) is 10.0 Å². The van der Waals surface area contributed by atoms with Gasteiger partial charge in [0.1, 0.15) is 5.75 Å². The molecule has 5 nitrogen and oxygen atoms in total. The van der Waals surface area contributed by atoms with E-state index < -0.39 is 10.0 Å². The van der Waals surface area contributed by atoms with Crippen LogP contribution in [0.4, 0.5) is 5.13 Å². The van der Waals surface area contributed by atoms with Crippen molar-refractivity contribution in [2.24, 2.45) is 0 Å². The molecule has 2 aromatic rings. The molecule has 7 heteroatoms. The van der Waals surface area contributed by atoms with E-state index in [-0.39, 0.29) is 10.6 Å². The lowest BCUT2D eigenvalue weighted by atomic mass is 10.3. The van der Waals surface area contributed by atoms with Crippen LogP contribution in [0.5, 0.6) is 5.75 Å². The van der Waals surface area contributed by atoms with Crippen LogP contribution in [-0.2, 0) is 10.0 Å². The largest absolute Gasteiger partial charge is 0.508 e. The topological polar surface area (TPSA) is 79.3 Å². The van der Waals surface area contributed by atoms with Crippen LogP contribution in [-0.4, -0.2) is 18.5 Å². The molecule has 2 rings (SSSR count). The van der Waals surface area contributed by atoms with E-state index in [0.29, 0.717) is 5.13 Å². The highest BCUT2D eigenvalue weighted by atomic mass is 32.2. The predicted octanol–water partition coefficient (Wildman–Crippen LogP) is 1.96. The van der Waals surface area contributed by atoms with Crippen LogP contribution in [0.15, 0.2) is 35.4 Å². The van der Waals surface area contributed by atoms with Crippen LogP contribution < -0.4 is 4.72 Å². The number of anilines is 1. The standard InChI is InChI=1S/C10H10N2O3S2/c1-7-6-11-10(16-7)12-17(14,15)9-4-2-3-8(13)5-9/h2-6,13H,1H3,(H,11,12). The molecular weight excluding hydrogens is 260 g/mol. The van der Waals surface area contributed by atoms with E-state index in [0.717, 1.165) is 4.88 Å². The lowest BCUT2D eigenvalue weighted by Gasteiger charge is -2.04. The van der Waals surface area contributed by atoms with Crippen molar-refractivity contribution in [1.82, 2.24) is 4.98 Å². The lowest BCUT2D eigenvalue weighted by Crippen LogP contribution is -2.12. The van der Waals surface area contributed by atoms with Crippen molar-refractivity contribution in [3.05, 3.63) is 35.3 Å². The van der Waals surface area contributed by atoms with Crippen LogP contribution in [0.3, 0.4) is 0 Å². The summed E-state index contributed by atoms with van der Waals surface area (Å²) in [6.07, 6.45) is 1.59. The Bertz CT molecular complexity index is 635. The maximum atomic E-state index is 11.9. The number of aryl methyl sites for hydroxylation is 1. The summed E-state index contributed by atoms with van der Waals surface area (Å²) in [5.74, 6) is -0.0943. The number of aromatic nitrogens is 1. The van der Waals surface area contributed by atoms with Crippen LogP contribution in [0.2, 0.25) is 0 Å². The van der Waals surface area contributed by atoms with Crippen molar-refractivity contribution >= 4 is 26.5 Å². The van der Waals surface area contributed by atoms with E-state index in [1.807, 2.05) is 6.92 Å². The van der Waals surface area contributed by atoms with Crippen LogP contribution in [0.25, 0.3) is 0 Å². The molecular formula is C10H10N2O3S2. The Kier molecular flexibility index (Phi) is 3.03. The summed E-state index contributed by atoms with van der Waals surface area (Å²) in [7, 11) is -3.68. The molecule has 0 radical (unpaired) electrons. The Labute approximate surface area is 103 Å². The molecule has 0 saturated carbocycles. The third kappa shape index (κ3) is 2.75. The summed E-state index contributed by atoms with van der Waals surface area (Å²) in [5, 5.41) is 9.55. The van der Waals surface area contributed by atoms with Gasteiger partial charge in [-0.2, -0.15) is 0 Å². The number of hydrogen-bond donors (Lipinski definition) is 2. The Balaban J connectivity index is 2.31. The van der Waals surface area contributed by atoms with Gasteiger partial charge in [0.15, 0.2) is 5.13 Å². The van der Waals surface area contributed by atoms with Gasteiger partial charge in [-0.3, -0.25) is 4.72 Å². The highest BCUT2D eigenvalue weighted by Crippen LogP contribution is 2.22. The average Bonchev–Trinajstić information content (AvgIpc) is 2.63. The molecule has 0 aliphatic rings. The molecule has 0 aliphatic carbocycles. The van der Waals surface area contributed by atoms with Gasteiger partial charge < -0.3 is 5.11 Å². The first-order valence-corrected chi connectivity index (χ1v) is 7.01. The molecule has 0 spiro atoms. The summed E-state index contributed by atoms with van der Waals surface area (Å²) in [5.41, 5.74) is 0. The fourth-order valence-electron chi connectivity index (χ4n) is 1.23. The predicted molar refractivity (Wildman–Crippen MR) is 65.8 cm³/mol. The first-order chi connectivity index (χ1) is 7.97. The molecule has 1 aromatic carbocycles. The maximum Gasteiger partial charge on any atom is 0.263 e. The zero-order valence-corrected chi connectivity index (χ0v) is 10.5. The van der Waals surface area contributed by atoms with Gasteiger partial charge in [0.2, 0.25) is 0 Å². The molecule has 0 unspecified atom stereocenters. The molecule has 90 valence electrons. The van der Waals surface area contributed by atoms with Gasteiger partial charge in [-0.05, 0) is 19.1 Å². The zero-order chi connectivity index (χ0) is 12.5. The third-order valence-electron chi connectivity index (χ3n) is 1.97. The van der Waals surface area contributed by atoms with Crippen LogP contribution in [0, 0.1) is 6.92 Å². The molecule has 2 N–H and O–H groups in total. The quantitative estimate of drug-likeness (QED) is 0.893. The second kappa shape index (κ2) is 4.34. The van der Waals surface area contributed by atoms with Crippen LogP contribution >= 0.6 is 11.3 Å². The molecule has 0 bridgehead atoms. The minimum Gasteiger partial charge on any atom is -0.508 e. The molecule has 17 heavy (non-hydrogen) atoms. The van der Waals surface area contributed by atoms with Gasteiger partial charge in [0.05, 0.1) is 4.90 Å². The second-order valence-corrected chi connectivity index (χ2v) is 6.30. The Morgan fingerprint density at radius 1 is 1.41 bits per heavy atom. The molecule has 0 aliphatic heterocycles.